The number of methoxy groups -OCH3 is 1. The van der Waals surface area contributed by atoms with Gasteiger partial charge in [-0.25, -0.2) is 0 Å². The number of carbonyl (C=O) groups is 1. The molecule has 1 unspecified atom stereocenters. The van der Waals surface area contributed by atoms with Gasteiger partial charge in [0.25, 0.3) is 0 Å². The topological polar surface area (TPSA) is 29.5 Å². The van der Waals surface area contributed by atoms with E-state index in [1.54, 1.807) is 18.4 Å². The zero-order chi connectivity index (χ0) is 15.4. The van der Waals surface area contributed by atoms with E-state index in [2.05, 4.69) is 29.0 Å². The van der Waals surface area contributed by atoms with Gasteiger partial charge in [-0.15, -0.1) is 0 Å². The number of benzene rings is 1. The Bertz CT molecular complexity index is 663. The highest BCUT2D eigenvalue weighted by Gasteiger charge is 2.32. The number of carbonyl (C=O) groups excluding carboxylic acids is 1. The summed E-state index contributed by atoms with van der Waals surface area (Å²) < 4.78 is 5.36. The fraction of sp³-hybridized carbons (Fsp3) is 0.278. The summed E-state index contributed by atoms with van der Waals surface area (Å²) >= 11 is 1.68. The first-order valence-electron chi connectivity index (χ1n) is 7.42. The number of amides is 1. The third kappa shape index (κ3) is 3.07. The SMILES string of the molecule is COc1ccccc1N1CCC(C/C=C/c2ccsc2)C1=O. The molecule has 0 aliphatic carbocycles. The molecule has 3 rings (SSSR count). The number of nitrogens with zero attached hydrogens (tertiary/aromatic N) is 1. The second-order valence-electron chi connectivity index (χ2n) is 5.34. The molecule has 0 radical (unpaired) electrons. The molecule has 0 saturated carbocycles. The molecule has 114 valence electrons. The molecule has 1 aliphatic heterocycles. The summed E-state index contributed by atoms with van der Waals surface area (Å²) in [5, 5.41) is 4.16. The lowest BCUT2D eigenvalue weighted by atomic mass is 10.0. The number of hydrogen-bond donors (Lipinski definition) is 0. The van der Waals surface area contributed by atoms with Crippen LogP contribution in [0.5, 0.6) is 5.75 Å². The van der Waals surface area contributed by atoms with Crippen molar-refractivity contribution in [3.8, 4) is 5.75 Å². The minimum Gasteiger partial charge on any atom is -0.495 e. The summed E-state index contributed by atoms with van der Waals surface area (Å²) in [5.74, 6) is 1.02. The summed E-state index contributed by atoms with van der Waals surface area (Å²) in [4.78, 5) is 14.5. The van der Waals surface area contributed by atoms with Crippen LogP contribution < -0.4 is 9.64 Å². The molecule has 1 aromatic carbocycles. The van der Waals surface area contributed by atoms with Crippen LogP contribution in [0.1, 0.15) is 18.4 Å². The molecular weight excluding hydrogens is 294 g/mol. The molecule has 1 atom stereocenters. The summed E-state index contributed by atoms with van der Waals surface area (Å²) in [5.41, 5.74) is 2.08. The van der Waals surface area contributed by atoms with E-state index in [1.165, 1.54) is 5.56 Å². The maximum absolute atomic E-state index is 12.6. The van der Waals surface area contributed by atoms with E-state index in [9.17, 15) is 4.79 Å². The molecule has 4 heteroatoms. The van der Waals surface area contributed by atoms with Crippen molar-refractivity contribution < 1.29 is 9.53 Å². The first-order valence-corrected chi connectivity index (χ1v) is 8.37. The fourth-order valence-electron chi connectivity index (χ4n) is 2.79. The van der Waals surface area contributed by atoms with Crippen LogP contribution in [0.2, 0.25) is 0 Å². The molecule has 0 spiro atoms. The van der Waals surface area contributed by atoms with Gasteiger partial charge in [-0.1, -0.05) is 24.3 Å². The Labute approximate surface area is 134 Å². The number of allylic oxidation sites excluding steroid dienone is 1. The predicted molar refractivity (Wildman–Crippen MR) is 91.4 cm³/mol. The Kier molecular flexibility index (Phi) is 4.59. The van der Waals surface area contributed by atoms with E-state index in [4.69, 9.17) is 4.74 Å². The minimum absolute atomic E-state index is 0.0693. The average molecular weight is 313 g/mol. The molecule has 22 heavy (non-hydrogen) atoms. The maximum Gasteiger partial charge on any atom is 0.230 e. The second-order valence-corrected chi connectivity index (χ2v) is 6.12. The molecule has 1 fully saturated rings. The van der Waals surface area contributed by atoms with Crippen LogP contribution in [0, 0.1) is 5.92 Å². The summed E-state index contributed by atoms with van der Waals surface area (Å²) in [6.07, 6.45) is 5.89. The van der Waals surface area contributed by atoms with Crippen molar-refractivity contribution >= 4 is 29.0 Å². The molecule has 0 N–H and O–H groups in total. The Morgan fingerprint density at radius 1 is 1.36 bits per heavy atom. The van der Waals surface area contributed by atoms with E-state index in [0.717, 1.165) is 30.8 Å². The quantitative estimate of drug-likeness (QED) is 0.827. The van der Waals surface area contributed by atoms with Crippen LogP contribution in [0.25, 0.3) is 6.08 Å². The zero-order valence-electron chi connectivity index (χ0n) is 12.6. The lowest BCUT2D eigenvalue weighted by molar-refractivity contribution is -0.120. The van der Waals surface area contributed by atoms with Gasteiger partial charge in [-0.3, -0.25) is 4.79 Å². The Morgan fingerprint density at radius 3 is 3.00 bits per heavy atom. The fourth-order valence-corrected chi connectivity index (χ4v) is 3.42. The molecule has 1 aliphatic rings. The predicted octanol–water partition coefficient (Wildman–Crippen LogP) is 4.21. The van der Waals surface area contributed by atoms with Crippen molar-refractivity contribution in [2.24, 2.45) is 5.92 Å². The zero-order valence-corrected chi connectivity index (χ0v) is 13.4. The van der Waals surface area contributed by atoms with Crippen molar-refractivity contribution in [2.75, 3.05) is 18.6 Å². The van der Waals surface area contributed by atoms with Crippen LogP contribution in [-0.2, 0) is 4.79 Å². The van der Waals surface area contributed by atoms with Crippen molar-refractivity contribution in [3.63, 3.8) is 0 Å². The van der Waals surface area contributed by atoms with Gasteiger partial charge in [0.1, 0.15) is 5.75 Å². The van der Waals surface area contributed by atoms with Gasteiger partial charge in [0.05, 0.1) is 12.8 Å². The van der Waals surface area contributed by atoms with Crippen LogP contribution in [0.3, 0.4) is 0 Å². The number of thiophene rings is 1. The highest BCUT2D eigenvalue weighted by atomic mass is 32.1. The van der Waals surface area contributed by atoms with Crippen LogP contribution >= 0.6 is 11.3 Å². The van der Waals surface area contributed by atoms with Crippen LogP contribution in [0.15, 0.2) is 47.2 Å². The van der Waals surface area contributed by atoms with Gasteiger partial charge in [0.2, 0.25) is 5.91 Å². The van der Waals surface area contributed by atoms with Gasteiger partial charge >= 0.3 is 0 Å². The Hall–Kier alpha value is -2.07. The van der Waals surface area contributed by atoms with E-state index in [1.807, 2.05) is 29.2 Å². The summed E-state index contributed by atoms with van der Waals surface area (Å²) in [6, 6.07) is 9.78. The standard InChI is InChI=1S/C18H19NO2S/c1-21-17-8-3-2-7-16(17)19-11-9-15(18(19)20)6-4-5-14-10-12-22-13-14/h2-5,7-8,10,12-13,15H,6,9,11H2,1H3/b5-4+. The minimum atomic E-state index is 0.0693. The number of para-hydroxylation sites is 2. The van der Waals surface area contributed by atoms with Crippen molar-refractivity contribution in [3.05, 3.63) is 52.7 Å². The van der Waals surface area contributed by atoms with Crippen molar-refractivity contribution in [1.29, 1.82) is 0 Å². The third-order valence-electron chi connectivity index (χ3n) is 3.97. The van der Waals surface area contributed by atoms with Gasteiger partial charge in [0.15, 0.2) is 0 Å². The molecule has 2 heterocycles. The number of ether oxygens (including phenoxy) is 1. The molecule has 1 aromatic heterocycles. The van der Waals surface area contributed by atoms with E-state index in [-0.39, 0.29) is 11.8 Å². The van der Waals surface area contributed by atoms with Crippen LogP contribution in [0.4, 0.5) is 5.69 Å². The molecule has 1 amide bonds. The Morgan fingerprint density at radius 2 is 2.23 bits per heavy atom. The van der Waals surface area contributed by atoms with E-state index >= 15 is 0 Å². The second kappa shape index (κ2) is 6.79. The lowest BCUT2D eigenvalue weighted by Crippen LogP contribution is -2.27. The summed E-state index contributed by atoms with van der Waals surface area (Å²) in [7, 11) is 1.64. The number of rotatable bonds is 5. The number of anilines is 1. The molecule has 3 nitrogen and oxygen atoms in total. The van der Waals surface area contributed by atoms with Gasteiger partial charge in [-0.05, 0) is 47.4 Å². The molecule has 2 aromatic rings. The maximum atomic E-state index is 12.6. The van der Waals surface area contributed by atoms with Crippen molar-refractivity contribution in [2.45, 2.75) is 12.8 Å². The van der Waals surface area contributed by atoms with Crippen molar-refractivity contribution in [1.82, 2.24) is 0 Å². The largest absolute Gasteiger partial charge is 0.495 e. The highest BCUT2D eigenvalue weighted by molar-refractivity contribution is 7.08. The van der Waals surface area contributed by atoms with Gasteiger partial charge in [0, 0.05) is 12.5 Å². The molecule has 1 saturated heterocycles. The first-order chi connectivity index (χ1) is 10.8. The lowest BCUT2D eigenvalue weighted by Gasteiger charge is -2.19. The highest BCUT2D eigenvalue weighted by Crippen LogP contribution is 2.33. The van der Waals surface area contributed by atoms with E-state index in [0.29, 0.717) is 0 Å². The van der Waals surface area contributed by atoms with Crippen LogP contribution in [-0.4, -0.2) is 19.6 Å². The first kappa shape index (κ1) is 14.9. The number of hydrogen-bond acceptors (Lipinski definition) is 3. The average Bonchev–Trinajstić information content (AvgIpc) is 3.18. The van der Waals surface area contributed by atoms with Gasteiger partial charge < -0.3 is 9.64 Å². The molecule has 0 bridgehead atoms. The summed E-state index contributed by atoms with van der Waals surface area (Å²) in [6.45, 7) is 0.760. The third-order valence-corrected chi connectivity index (χ3v) is 4.67. The molecular formula is C18H19NO2S. The van der Waals surface area contributed by atoms with E-state index < -0.39 is 0 Å². The normalized spacial score (nSPS) is 18.3. The smallest absolute Gasteiger partial charge is 0.230 e. The van der Waals surface area contributed by atoms with Gasteiger partial charge in [-0.2, -0.15) is 11.3 Å². The Balaban J connectivity index is 1.67. The monoisotopic (exact) mass is 313 g/mol.